The second-order valence-electron chi connectivity index (χ2n) is 3.14. The number of nitrogens with zero attached hydrogens (tertiary/aromatic N) is 1. The summed E-state index contributed by atoms with van der Waals surface area (Å²) in [5.41, 5.74) is 3.07. The Labute approximate surface area is 85.1 Å². The van der Waals surface area contributed by atoms with E-state index in [1.807, 2.05) is 6.07 Å². The number of hydrogen-bond donors (Lipinski definition) is 2. The number of phenols is 1. The molecule has 0 unspecified atom stereocenters. The van der Waals surface area contributed by atoms with Crippen LogP contribution in [0.1, 0.15) is 0 Å². The number of hydrogen-bond acceptors (Lipinski definition) is 5. The molecule has 1 aliphatic rings. The van der Waals surface area contributed by atoms with E-state index in [0.29, 0.717) is 11.5 Å². The molecule has 0 bridgehead atoms. The molecule has 1 aromatic carbocycles. The van der Waals surface area contributed by atoms with Gasteiger partial charge < -0.3 is 14.4 Å². The van der Waals surface area contributed by atoms with E-state index < -0.39 is 0 Å². The van der Waals surface area contributed by atoms with Crippen LogP contribution in [0.15, 0.2) is 41.1 Å². The zero-order valence-electron chi connectivity index (χ0n) is 7.68. The van der Waals surface area contributed by atoms with Crippen LogP contribution in [0.5, 0.6) is 5.75 Å². The summed E-state index contributed by atoms with van der Waals surface area (Å²) in [4.78, 5) is 4.81. The largest absolute Gasteiger partial charge is 0.504 e. The molecule has 2 heterocycles. The van der Waals surface area contributed by atoms with E-state index in [9.17, 15) is 5.11 Å². The van der Waals surface area contributed by atoms with E-state index >= 15 is 0 Å². The van der Waals surface area contributed by atoms with Gasteiger partial charge in [-0.3, -0.25) is 0 Å². The van der Waals surface area contributed by atoms with Gasteiger partial charge in [-0.25, -0.2) is 5.01 Å². The highest BCUT2D eigenvalue weighted by Gasteiger charge is 2.14. The van der Waals surface area contributed by atoms with Gasteiger partial charge in [0.1, 0.15) is 6.26 Å². The first-order valence-electron chi connectivity index (χ1n) is 4.43. The minimum absolute atomic E-state index is 0.128. The molecule has 1 aromatic heterocycles. The van der Waals surface area contributed by atoms with E-state index in [4.69, 9.17) is 9.25 Å². The molecule has 0 saturated carbocycles. The van der Waals surface area contributed by atoms with Crippen LogP contribution in [0.3, 0.4) is 0 Å². The van der Waals surface area contributed by atoms with Gasteiger partial charge in [-0.1, -0.05) is 17.7 Å². The third kappa shape index (κ3) is 1.21. The fraction of sp³-hybridized carbons (Fsp3) is 0. The van der Waals surface area contributed by atoms with Gasteiger partial charge in [0.15, 0.2) is 11.3 Å². The topological polar surface area (TPSA) is 57.9 Å². The van der Waals surface area contributed by atoms with Gasteiger partial charge in [0.2, 0.25) is 5.88 Å². The fourth-order valence-corrected chi connectivity index (χ4v) is 1.48. The molecule has 15 heavy (non-hydrogen) atoms. The van der Waals surface area contributed by atoms with Crippen molar-refractivity contribution in [2.75, 3.05) is 5.01 Å². The van der Waals surface area contributed by atoms with Gasteiger partial charge in [0.05, 0.1) is 6.20 Å². The Morgan fingerprint density at radius 2 is 2.27 bits per heavy atom. The monoisotopic (exact) mass is 204 g/mol. The summed E-state index contributed by atoms with van der Waals surface area (Å²) >= 11 is 0. The lowest BCUT2D eigenvalue weighted by Crippen LogP contribution is -2.26. The summed E-state index contributed by atoms with van der Waals surface area (Å²) < 4.78 is 5.46. The summed E-state index contributed by atoms with van der Waals surface area (Å²) in [7, 11) is 0. The molecule has 0 radical (unpaired) electrons. The molecular formula is C10H8N2O3. The summed E-state index contributed by atoms with van der Waals surface area (Å²) in [5, 5.41) is 12.0. The lowest BCUT2D eigenvalue weighted by Gasteiger charge is -2.08. The summed E-state index contributed by atoms with van der Waals surface area (Å²) in [6.45, 7) is 0. The Kier molecular flexibility index (Phi) is 1.60. The minimum Gasteiger partial charge on any atom is -0.504 e. The quantitative estimate of drug-likeness (QED) is 0.742. The van der Waals surface area contributed by atoms with Crippen LogP contribution in [-0.2, 0) is 4.84 Å². The molecule has 0 fully saturated rings. The highest BCUT2D eigenvalue weighted by atomic mass is 16.7. The highest BCUT2D eigenvalue weighted by molar-refractivity contribution is 5.85. The van der Waals surface area contributed by atoms with Crippen LogP contribution in [0.2, 0.25) is 0 Å². The molecule has 5 nitrogen and oxygen atoms in total. The SMILES string of the molecule is Oc1cccc2cc(N3C=CON3)oc12. The van der Waals surface area contributed by atoms with Gasteiger partial charge in [-0.15, -0.1) is 0 Å². The highest BCUT2D eigenvalue weighted by Crippen LogP contribution is 2.31. The van der Waals surface area contributed by atoms with Crippen LogP contribution in [0.4, 0.5) is 5.88 Å². The van der Waals surface area contributed by atoms with E-state index in [1.54, 1.807) is 29.4 Å². The van der Waals surface area contributed by atoms with Gasteiger partial charge in [-0.2, -0.15) is 0 Å². The lowest BCUT2D eigenvalue weighted by atomic mass is 10.2. The van der Waals surface area contributed by atoms with Crippen molar-refractivity contribution >= 4 is 16.9 Å². The Hall–Kier alpha value is -2.14. The first-order chi connectivity index (χ1) is 7.34. The number of fused-ring (bicyclic) bond motifs is 1. The second-order valence-corrected chi connectivity index (χ2v) is 3.14. The average molecular weight is 204 g/mol. The fourth-order valence-electron chi connectivity index (χ4n) is 1.48. The van der Waals surface area contributed by atoms with Crippen molar-refractivity contribution in [2.24, 2.45) is 0 Å². The Bertz CT molecular complexity index is 532. The molecule has 0 atom stereocenters. The number of hydrazine groups is 1. The second kappa shape index (κ2) is 2.93. The zero-order chi connectivity index (χ0) is 10.3. The van der Waals surface area contributed by atoms with E-state index in [2.05, 4.69) is 5.59 Å². The first kappa shape index (κ1) is 8.19. The van der Waals surface area contributed by atoms with Crippen molar-refractivity contribution in [2.45, 2.75) is 0 Å². The summed E-state index contributed by atoms with van der Waals surface area (Å²) in [6, 6.07) is 7.02. The van der Waals surface area contributed by atoms with Crippen molar-refractivity contribution in [1.29, 1.82) is 0 Å². The number of nitrogens with one attached hydrogen (secondary N) is 1. The third-order valence-electron chi connectivity index (χ3n) is 2.18. The van der Waals surface area contributed by atoms with Gasteiger partial charge in [0.25, 0.3) is 0 Å². The Morgan fingerprint density at radius 1 is 1.33 bits per heavy atom. The van der Waals surface area contributed by atoms with Crippen LogP contribution >= 0.6 is 0 Å². The van der Waals surface area contributed by atoms with Crippen molar-refractivity contribution in [3.8, 4) is 5.75 Å². The van der Waals surface area contributed by atoms with Gasteiger partial charge >= 0.3 is 0 Å². The van der Waals surface area contributed by atoms with Crippen LogP contribution in [0.25, 0.3) is 11.0 Å². The molecule has 1 aliphatic heterocycles. The van der Waals surface area contributed by atoms with E-state index in [-0.39, 0.29) is 5.75 Å². The predicted molar refractivity (Wildman–Crippen MR) is 53.7 cm³/mol. The van der Waals surface area contributed by atoms with Crippen LogP contribution in [-0.4, -0.2) is 5.11 Å². The molecule has 76 valence electrons. The molecule has 0 amide bonds. The lowest BCUT2D eigenvalue weighted by molar-refractivity contribution is 0.155. The van der Waals surface area contributed by atoms with Crippen molar-refractivity contribution in [1.82, 2.24) is 5.59 Å². The molecule has 2 aromatic rings. The standard InChI is InChI=1S/C10H8N2O3/c13-8-3-1-2-7-6-9(15-10(7)8)12-4-5-14-11-12/h1-6,11,13H. The van der Waals surface area contributed by atoms with Crippen molar-refractivity contribution in [3.05, 3.63) is 36.7 Å². The number of furan rings is 1. The average Bonchev–Trinajstić information content (AvgIpc) is 2.86. The third-order valence-corrected chi connectivity index (χ3v) is 2.18. The number of para-hydroxylation sites is 1. The number of rotatable bonds is 1. The Morgan fingerprint density at radius 3 is 3.00 bits per heavy atom. The molecule has 0 spiro atoms. The first-order valence-corrected chi connectivity index (χ1v) is 4.43. The summed E-state index contributed by atoms with van der Waals surface area (Å²) in [6.07, 6.45) is 3.17. The molecule has 0 aliphatic carbocycles. The molecule has 2 N–H and O–H groups in total. The number of benzene rings is 1. The minimum atomic E-state index is 0.128. The smallest absolute Gasteiger partial charge is 0.217 e. The summed E-state index contributed by atoms with van der Waals surface area (Å²) in [5.74, 6) is 0.683. The van der Waals surface area contributed by atoms with Crippen LogP contribution < -0.4 is 10.6 Å². The maximum absolute atomic E-state index is 9.55. The van der Waals surface area contributed by atoms with Gasteiger partial charge in [-0.05, 0) is 6.07 Å². The maximum Gasteiger partial charge on any atom is 0.217 e. The number of anilines is 1. The molecule has 0 saturated heterocycles. The molecule has 5 heteroatoms. The molecule has 3 rings (SSSR count). The van der Waals surface area contributed by atoms with Gasteiger partial charge in [0, 0.05) is 11.5 Å². The maximum atomic E-state index is 9.55. The van der Waals surface area contributed by atoms with Crippen molar-refractivity contribution in [3.63, 3.8) is 0 Å². The number of phenolic OH excluding ortho intramolecular Hbond substituents is 1. The number of aromatic hydroxyl groups is 1. The van der Waals surface area contributed by atoms with Crippen molar-refractivity contribution < 1.29 is 14.4 Å². The normalized spacial score (nSPS) is 14.8. The van der Waals surface area contributed by atoms with E-state index in [0.717, 1.165) is 5.39 Å². The predicted octanol–water partition coefficient (Wildman–Crippen LogP) is 1.87. The van der Waals surface area contributed by atoms with Crippen LogP contribution in [0, 0.1) is 0 Å². The van der Waals surface area contributed by atoms with E-state index in [1.165, 1.54) is 6.26 Å². The zero-order valence-corrected chi connectivity index (χ0v) is 7.68. The molecular weight excluding hydrogens is 196 g/mol. The Balaban J connectivity index is 2.13.